The van der Waals surface area contributed by atoms with Crippen molar-refractivity contribution in [1.29, 1.82) is 0 Å². The molecule has 0 aromatic carbocycles. The van der Waals surface area contributed by atoms with Crippen molar-refractivity contribution in [3.05, 3.63) is 12.3 Å². The highest BCUT2D eigenvalue weighted by Gasteiger charge is 2.24. The van der Waals surface area contributed by atoms with E-state index < -0.39 is 6.09 Å². The molecule has 0 unspecified atom stereocenters. The Morgan fingerprint density at radius 3 is 3.21 bits per heavy atom. The molecular formula is C8H9N3O3. The SMILES string of the molecule is Nc1nccc2c1OCCN2C(=O)O. The molecule has 6 heteroatoms. The van der Waals surface area contributed by atoms with Crippen LogP contribution in [0.15, 0.2) is 12.3 Å². The van der Waals surface area contributed by atoms with E-state index in [0.717, 1.165) is 0 Å². The molecule has 74 valence electrons. The molecule has 1 amide bonds. The maximum absolute atomic E-state index is 10.8. The summed E-state index contributed by atoms with van der Waals surface area (Å²) in [6, 6.07) is 1.57. The summed E-state index contributed by atoms with van der Waals surface area (Å²) in [5, 5.41) is 8.89. The first kappa shape index (κ1) is 8.61. The van der Waals surface area contributed by atoms with Gasteiger partial charge in [0.25, 0.3) is 0 Å². The minimum absolute atomic E-state index is 0.216. The first-order chi connectivity index (χ1) is 6.70. The number of carbonyl (C=O) groups is 1. The molecule has 0 spiro atoms. The summed E-state index contributed by atoms with van der Waals surface area (Å²) in [5.74, 6) is 0.564. The lowest BCUT2D eigenvalue weighted by Crippen LogP contribution is -2.37. The van der Waals surface area contributed by atoms with Gasteiger partial charge in [0, 0.05) is 6.20 Å². The Hall–Kier alpha value is -1.98. The number of amides is 1. The fourth-order valence-electron chi connectivity index (χ4n) is 1.37. The van der Waals surface area contributed by atoms with E-state index in [2.05, 4.69) is 4.98 Å². The lowest BCUT2D eigenvalue weighted by Gasteiger charge is -2.27. The highest BCUT2D eigenvalue weighted by atomic mass is 16.5. The molecule has 1 aliphatic heterocycles. The van der Waals surface area contributed by atoms with E-state index in [1.807, 2.05) is 0 Å². The van der Waals surface area contributed by atoms with Gasteiger partial charge in [0.2, 0.25) is 0 Å². The number of fused-ring (bicyclic) bond motifs is 1. The minimum atomic E-state index is -1.01. The van der Waals surface area contributed by atoms with Gasteiger partial charge in [0.05, 0.1) is 12.2 Å². The Bertz CT molecular complexity index is 380. The molecule has 1 aromatic heterocycles. The molecule has 14 heavy (non-hydrogen) atoms. The first-order valence-corrected chi connectivity index (χ1v) is 4.08. The Labute approximate surface area is 79.9 Å². The van der Waals surface area contributed by atoms with Crippen molar-refractivity contribution in [3.8, 4) is 5.75 Å². The highest BCUT2D eigenvalue weighted by Crippen LogP contribution is 2.34. The summed E-state index contributed by atoms with van der Waals surface area (Å²) < 4.78 is 5.24. The molecule has 3 N–H and O–H groups in total. The van der Waals surface area contributed by atoms with Gasteiger partial charge in [-0.25, -0.2) is 9.78 Å². The summed E-state index contributed by atoms with van der Waals surface area (Å²) in [4.78, 5) is 15.8. The maximum atomic E-state index is 10.8. The van der Waals surface area contributed by atoms with Crippen LogP contribution in [0.25, 0.3) is 0 Å². The van der Waals surface area contributed by atoms with Crippen LogP contribution >= 0.6 is 0 Å². The Balaban J connectivity index is 2.49. The van der Waals surface area contributed by atoms with Gasteiger partial charge in [0.1, 0.15) is 6.61 Å². The fraction of sp³-hybridized carbons (Fsp3) is 0.250. The predicted molar refractivity (Wildman–Crippen MR) is 49.5 cm³/mol. The maximum Gasteiger partial charge on any atom is 0.412 e. The number of hydrogen-bond donors (Lipinski definition) is 2. The molecule has 0 aliphatic carbocycles. The van der Waals surface area contributed by atoms with E-state index in [1.54, 1.807) is 6.07 Å². The Kier molecular flexibility index (Phi) is 1.88. The van der Waals surface area contributed by atoms with E-state index in [-0.39, 0.29) is 5.82 Å². The van der Waals surface area contributed by atoms with Crippen LogP contribution in [0.1, 0.15) is 0 Å². The molecule has 0 radical (unpaired) electrons. The third-order valence-electron chi connectivity index (χ3n) is 1.99. The molecule has 0 atom stereocenters. The van der Waals surface area contributed by atoms with Gasteiger partial charge >= 0.3 is 6.09 Å². The van der Waals surface area contributed by atoms with E-state index in [0.29, 0.717) is 24.6 Å². The van der Waals surface area contributed by atoms with Crippen molar-refractivity contribution in [2.75, 3.05) is 23.8 Å². The van der Waals surface area contributed by atoms with Crippen molar-refractivity contribution in [2.45, 2.75) is 0 Å². The van der Waals surface area contributed by atoms with Gasteiger partial charge in [-0.1, -0.05) is 0 Å². The first-order valence-electron chi connectivity index (χ1n) is 4.08. The van der Waals surface area contributed by atoms with Crippen LogP contribution in [-0.4, -0.2) is 29.3 Å². The van der Waals surface area contributed by atoms with Gasteiger partial charge in [-0.3, -0.25) is 4.90 Å². The smallest absolute Gasteiger partial charge is 0.412 e. The number of nitrogens with zero attached hydrogens (tertiary/aromatic N) is 2. The second-order valence-electron chi connectivity index (χ2n) is 2.83. The summed E-state index contributed by atoms with van der Waals surface area (Å²) >= 11 is 0. The minimum Gasteiger partial charge on any atom is -0.486 e. The second-order valence-corrected chi connectivity index (χ2v) is 2.83. The highest BCUT2D eigenvalue weighted by molar-refractivity contribution is 5.90. The molecule has 2 rings (SSSR count). The topological polar surface area (TPSA) is 88.7 Å². The van der Waals surface area contributed by atoms with Crippen molar-refractivity contribution < 1.29 is 14.6 Å². The Morgan fingerprint density at radius 1 is 1.71 bits per heavy atom. The Morgan fingerprint density at radius 2 is 2.50 bits per heavy atom. The zero-order valence-corrected chi connectivity index (χ0v) is 7.30. The lowest BCUT2D eigenvalue weighted by atomic mass is 10.3. The molecule has 6 nitrogen and oxygen atoms in total. The third-order valence-corrected chi connectivity index (χ3v) is 1.99. The molecular weight excluding hydrogens is 186 g/mol. The number of carboxylic acid groups (broad SMARTS) is 1. The lowest BCUT2D eigenvalue weighted by molar-refractivity contribution is 0.197. The molecule has 0 fully saturated rings. The predicted octanol–water partition coefficient (Wildman–Crippen LogP) is 0.541. The van der Waals surface area contributed by atoms with E-state index in [9.17, 15) is 4.79 Å². The number of rotatable bonds is 0. The number of pyridine rings is 1. The average molecular weight is 195 g/mol. The van der Waals surface area contributed by atoms with Crippen LogP contribution in [0.4, 0.5) is 16.3 Å². The standard InChI is InChI=1S/C8H9N3O3/c9-7-6-5(1-2-10-7)11(8(12)13)3-4-14-6/h1-2H,3-4H2,(H2,9,10)(H,12,13). The average Bonchev–Trinajstić information content (AvgIpc) is 2.17. The number of ether oxygens (including phenoxy) is 1. The number of nitrogen functional groups attached to an aromatic ring is 1. The normalized spacial score (nSPS) is 14.4. The molecule has 0 saturated carbocycles. The van der Waals surface area contributed by atoms with Gasteiger partial charge in [0.15, 0.2) is 11.6 Å². The number of aromatic nitrogens is 1. The summed E-state index contributed by atoms with van der Waals surface area (Å²) in [7, 11) is 0. The van der Waals surface area contributed by atoms with Crippen LogP contribution in [0.2, 0.25) is 0 Å². The second kappa shape index (κ2) is 3.06. The number of nitrogens with two attached hydrogens (primary N) is 1. The summed E-state index contributed by atoms with van der Waals surface area (Å²) in [6.45, 7) is 0.612. The van der Waals surface area contributed by atoms with Crippen LogP contribution in [-0.2, 0) is 0 Å². The number of hydrogen-bond acceptors (Lipinski definition) is 4. The van der Waals surface area contributed by atoms with E-state index >= 15 is 0 Å². The van der Waals surface area contributed by atoms with Crippen molar-refractivity contribution >= 4 is 17.6 Å². The molecule has 2 heterocycles. The van der Waals surface area contributed by atoms with Crippen molar-refractivity contribution in [3.63, 3.8) is 0 Å². The van der Waals surface area contributed by atoms with Crippen LogP contribution in [0.5, 0.6) is 5.75 Å². The van der Waals surface area contributed by atoms with Crippen LogP contribution < -0.4 is 15.4 Å². The van der Waals surface area contributed by atoms with Crippen LogP contribution in [0.3, 0.4) is 0 Å². The summed E-state index contributed by atoms with van der Waals surface area (Å²) in [5.41, 5.74) is 6.00. The third kappa shape index (κ3) is 1.20. The van der Waals surface area contributed by atoms with Gasteiger partial charge < -0.3 is 15.6 Å². The van der Waals surface area contributed by atoms with Gasteiger partial charge in [-0.15, -0.1) is 0 Å². The number of anilines is 2. The zero-order valence-electron chi connectivity index (χ0n) is 7.30. The summed E-state index contributed by atoms with van der Waals surface area (Å²) in [6.07, 6.45) is 0.443. The van der Waals surface area contributed by atoms with E-state index in [1.165, 1.54) is 11.1 Å². The monoisotopic (exact) mass is 195 g/mol. The quantitative estimate of drug-likeness (QED) is 0.630. The molecule has 0 saturated heterocycles. The molecule has 1 aromatic rings. The van der Waals surface area contributed by atoms with Crippen molar-refractivity contribution in [1.82, 2.24) is 4.98 Å². The molecule has 1 aliphatic rings. The molecule has 0 bridgehead atoms. The van der Waals surface area contributed by atoms with Gasteiger partial charge in [-0.05, 0) is 6.07 Å². The zero-order chi connectivity index (χ0) is 10.1. The van der Waals surface area contributed by atoms with Gasteiger partial charge in [-0.2, -0.15) is 0 Å². The fourth-order valence-corrected chi connectivity index (χ4v) is 1.37. The van der Waals surface area contributed by atoms with Crippen LogP contribution in [0, 0.1) is 0 Å². The van der Waals surface area contributed by atoms with Crippen molar-refractivity contribution in [2.24, 2.45) is 0 Å². The largest absolute Gasteiger partial charge is 0.486 e. The van der Waals surface area contributed by atoms with E-state index in [4.69, 9.17) is 15.6 Å².